The first-order valence-corrected chi connectivity index (χ1v) is 10.1. The molecule has 3 rings (SSSR count). The van der Waals surface area contributed by atoms with Gasteiger partial charge in [-0.3, -0.25) is 0 Å². The Hall–Kier alpha value is -1.46. The van der Waals surface area contributed by atoms with Crippen molar-refractivity contribution in [1.29, 1.82) is 0 Å². The van der Waals surface area contributed by atoms with Crippen LogP contribution in [0.25, 0.3) is 0 Å². The lowest BCUT2D eigenvalue weighted by molar-refractivity contribution is 0.284. The van der Waals surface area contributed by atoms with E-state index in [0.29, 0.717) is 28.2 Å². The Balaban J connectivity index is 1.59. The smallest absolute Gasteiger partial charge is 0.180 e. The van der Waals surface area contributed by atoms with Gasteiger partial charge in [-0.2, -0.15) is 0 Å². The molecular formula is C21H26Cl2N2O2. The minimum absolute atomic E-state index is 0.403. The Morgan fingerprint density at radius 3 is 2.52 bits per heavy atom. The predicted molar refractivity (Wildman–Crippen MR) is 111 cm³/mol. The van der Waals surface area contributed by atoms with E-state index in [1.54, 1.807) is 7.11 Å². The molecule has 4 nitrogen and oxygen atoms in total. The molecule has 1 aliphatic heterocycles. The average molecular weight is 409 g/mol. The van der Waals surface area contributed by atoms with Gasteiger partial charge in [0.15, 0.2) is 11.5 Å². The van der Waals surface area contributed by atoms with Crippen LogP contribution in [0, 0.1) is 5.92 Å². The highest BCUT2D eigenvalue weighted by molar-refractivity contribution is 6.32. The van der Waals surface area contributed by atoms with Gasteiger partial charge < -0.3 is 20.1 Å². The third-order valence-electron chi connectivity index (χ3n) is 4.81. The normalized spacial score (nSPS) is 14.9. The standard InChI is InChI=1S/C21H26Cl2N2O2/c1-26-20-11-17(13-25-12-15-6-8-24-9-7-15)10-19(23)21(20)27-14-16-2-4-18(22)5-3-16/h2-5,10-11,15,24-25H,6-9,12-14H2,1H3. The van der Waals surface area contributed by atoms with Crippen LogP contribution < -0.4 is 20.1 Å². The molecule has 0 saturated carbocycles. The first-order valence-electron chi connectivity index (χ1n) is 9.31. The van der Waals surface area contributed by atoms with Crippen LogP contribution in [0.3, 0.4) is 0 Å². The summed E-state index contributed by atoms with van der Waals surface area (Å²) in [4.78, 5) is 0. The quantitative estimate of drug-likeness (QED) is 0.665. The Morgan fingerprint density at radius 1 is 1.07 bits per heavy atom. The van der Waals surface area contributed by atoms with Gasteiger partial charge in [-0.15, -0.1) is 0 Å². The summed E-state index contributed by atoms with van der Waals surface area (Å²) in [7, 11) is 1.63. The van der Waals surface area contributed by atoms with E-state index in [4.69, 9.17) is 32.7 Å². The van der Waals surface area contributed by atoms with Crippen LogP contribution in [0.1, 0.15) is 24.0 Å². The van der Waals surface area contributed by atoms with Crippen LogP contribution in [-0.2, 0) is 13.2 Å². The van der Waals surface area contributed by atoms with Gasteiger partial charge in [0.2, 0.25) is 0 Å². The van der Waals surface area contributed by atoms with Crippen LogP contribution in [0.2, 0.25) is 10.0 Å². The number of hydrogen-bond acceptors (Lipinski definition) is 4. The first-order chi connectivity index (χ1) is 13.2. The molecule has 1 fully saturated rings. The average Bonchev–Trinajstić information content (AvgIpc) is 2.69. The first kappa shape index (κ1) is 20.3. The zero-order valence-electron chi connectivity index (χ0n) is 15.6. The molecule has 0 atom stereocenters. The summed E-state index contributed by atoms with van der Waals surface area (Å²) in [6, 6.07) is 11.5. The second kappa shape index (κ2) is 10.2. The van der Waals surface area contributed by atoms with E-state index in [9.17, 15) is 0 Å². The largest absolute Gasteiger partial charge is 0.493 e. The van der Waals surface area contributed by atoms with Gasteiger partial charge in [0.25, 0.3) is 0 Å². The highest BCUT2D eigenvalue weighted by Crippen LogP contribution is 2.37. The van der Waals surface area contributed by atoms with E-state index in [1.807, 2.05) is 36.4 Å². The van der Waals surface area contributed by atoms with Crippen LogP contribution >= 0.6 is 23.2 Å². The second-order valence-electron chi connectivity index (χ2n) is 6.85. The molecule has 2 aromatic carbocycles. The fourth-order valence-corrected chi connectivity index (χ4v) is 3.67. The highest BCUT2D eigenvalue weighted by atomic mass is 35.5. The lowest BCUT2D eigenvalue weighted by Gasteiger charge is -2.23. The van der Waals surface area contributed by atoms with Crippen molar-refractivity contribution in [3.05, 3.63) is 57.6 Å². The van der Waals surface area contributed by atoms with E-state index >= 15 is 0 Å². The zero-order chi connectivity index (χ0) is 19.1. The van der Waals surface area contributed by atoms with Crippen molar-refractivity contribution in [2.24, 2.45) is 5.92 Å². The van der Waals surface area contributed by atoms with Gasteiger partial charge in [0.05, 0.1) is 12.1 Å². The molecule has 1 heterocycles. The molecule has 2 aromatic rings. The molecule has 1 aliphatic rings. The van der Waals surface area contributed by atoms with Crippen LogP contribution in [0.4, 0.5) is 0 Å². The van der Waals surface area contributed by atoms with E-state index in [1.165, 1.54) is 12.8 Å². The van der Waals surface area contributed by atoms with Crippen LogP contribution in [0.15, 0.2) is 36.4 Å². The maximum Gasteiger partial charge on any atom is 0.180 e. The molecule has 6 heteroatoms. The van der Waals surface area contributed by atoms with Gasteiger partial charge >= 0.3 is 0 Å². The summed E-state index contributed by atoms with van der Waals surface area (Å²) in [6.45, 7) is 4.42. The van der Waals surface area contributed by atoms with Crippen molar-refractivity contribution < 1.29 is 9.47 Å². The number of benzene rings is 2. The van der Waals surface area contributed by atoms with Gasteiger partial charge in [-0.25, -0.2) is 0 Å². The summed E-state index contributed by atoms with van der Waals surface area (Å²) in [6.07, 6.45) is 2.46. The molecular weight excluding hydrogens is 383 g/mol. The van der Waals surface area contributed by atoms with E-state index in [-0.39, 0.29) is 0 Å². The monoisotopic (exact) mass is 408 g/mol. The SMILES string of the molecule is COc1cc(CNCC2CCNCC2)cc(Cl)c1OCc1ccc(Cl)cc1. The van der Waals surface area contributed by atoms with Crippen molar-refractivity contribution in [3.8, 4) is 11.5 Å². The fraction of sp³-hybridized carbons (Fsp3) is 0.429. The molecule has 146 valence electrons. The Kier molecular flexibility index (Phi) is 7.65. The van der Waals surface area contributed by atoms with Crippen LogP contribution in [-0.4, -0.2) is 26.7 Å². The molecule has 0 amide bonds. The van der Waals surface area contributed by atoms with Gasteiger partial charge in [0.1, 0.15) is 6.61 Å². The molecule has 27 heavy (non-hydrogen) atoms. The summed E-state index contributed by atoms with van der Waals surface area (Å²) >= 11 is 12.4. The highest BCUT2D eigenvalue weighted by Gasteiger charge is 2.14. The number of ether oxygens (including phenoxy) is 2. The molecule has 0 bridgehead atoms. The number of rotatable bonds is 8. The van der Waals surface area contributed by atoms with Gasteiger partial charge in [-0.1, -0.05) is 35.3 Å². The van der Waals surface area contributed by atoms with Gasteiger partial charge in [0, 0.05) is 11.6 Å². The maximum absolute atomic E-state index is 6.47. The molecule has 2 N–H and O–H groups in total. The van der Waals surface area contributed by atoms with Crippen molar-refractivity contribution in [2.45, 2.75) is 26.0 Å². The number of methoxy groups -OCH3 is 1. The molecule has 1 saturated heterocycles. The van der Waals surface area contributed by atoms with Crippen molar-refractivity contribution in [2.75, 3.05) is 26.7 Å². The minimum atomic E-state index is 0.403. The fourth-order valence-electron chi connectivity index (χ4n) is 3.26. The van der Waals surface area contributed by atoms with Crippen molar-refractivity contribution in [1.82, 2.24) is 10.6 Å². The lowest BCUT2D eigenvalue weighted by atomic mass is 9.98. The molecule has 0 aliphatic carbocycles. The summed E-state index contributed by atoms with van der Waals surface area (Å²) in [5.41, 5.74) is 2.11. The number of nitrogens with one attached hydrogen (secondary N) is 2. The third kappa shape index (κ3) is 6.01. The summed E-state index contributed by atoms with van der Waals surface area (Å²) in [5.74, 6) is 1.96. The van der Waals surface area contributed by atoms with Crippen molar-refractivity contribution >= 4 is 23.2 Å². The number of piperidine rings is 1. The van der Waals surface area contributed by atoms with Gasteiger partial charge in [-0.05, 0) is 73.8 Å². The third-order valence-corrected chi connectivity index (χ3v) is 5.34. The Morgan fingerprint density at radius 2 is 1.81 bits per heavy atom. The predicted octanol–water partition coefficient (Wildman–Crippen LogP) is 4.67. The molecule has 0 spiro atoms. The topological polar surface area (TPSA) is 42.5 Å². The number of halogens is 2. The lowest BCUT2D eigenvalue weighted by Crippen LogP contribution is -2.33. The van der Waals surface area contributed by atoms with Crippen molar-refractivity contribution in [3.63, 3.8) is 0 Å². The Labute approximate surface area is 171 Å². The summed E-state index contributed by atoms with van der Waals surface area (Å²) in [5, 5.41) is 8.19. The summed E-state index contributed by atoms with van der Waals surface area (Å²) < 4.78 is 11.4. The van der Waals surface area contributed by atoms with E-state index in [0.717, 1.165) is 43.2 Å². The Bertz CT molecular complexity index is 732. The van der Waals surface area contributed by atoms with E-state index in [2.05, 4.69) is 10.6 Å². The molecule has 0 aromatic heterocycles. The molecule has 0 unspecified atom stereocenters. The van der Waals surface area contributed by atoms with Crippen LogP contribution in [0.5, 0.6) is 11.5 Å². The maximum atomic E-state index is 6.47. The minimum Gasteiger partial charge on any atom is -0.493 e. The number of hydrogen-bond donors (Lipinski definition) is 2. The van der Waals surface area contributed by atoms with E-state index < -0.39 is 0 Å². The molecule has 0 radical (unpaired) electrons. The zero-order valence-corrected chi connectivity index (χ0v) is 17.1. The second-order valence-corrected chi connectivity index (χ2v) is 7.69.